The van der Waals surface area contributed by atoms with Gasteiger partial charge >= 0.3 is 0 Å². The van der Waals surface area contributed by atoms with E-state index in [1.54, 1.807) is 6.07 Å². The Kier molecular flexibility index (Phi) is 4.50. The van der Waals surface area contributed by atoms with Crippen molar-refractivity contribution in [2.75, 3.05) is 7.05 Å². The van der Waals surface area contributed by atoms with Gasteiger partial charge in [0.2, 0.25) is 5.91 Å². The van der Waals surface area contributed by atoms with Crippen LogP contribution in [0.4, 0.5) is 0 Å². The molecular formula is C14H11BrN4O2. The van der Waals surface area contributed by atoms with E-state index in [4.69, 9.17) is 5.26 Å². The van der Waals surface area contributed by atoms with Crippen molar-refractivity contribution in [2.45, 2.75) is 0 Å². The fourth-order valence-electron chi connectivity index (χ4n) is 1.76. The summed E-state index contributed by atoms with van der Waals surface area (Å²) in [7, 11) is 1.38. The lowest BCUT2D eigenvalue weighted by Gasteiger charge is -2.04. The van der Waals surface area contributed by atoms with Crippen molar-refractivity contribution in [1.82, 2.24) is 15.1 Å². The molecule has 21 heavy (non-hydrogen) atoms. The number of hydrogen-bond donors (Lipinski definition) is 1. The lowest BCUT2D eigenvalue weighted by atomic mass is 10.0. The minimum Gasteiger partial charge on any atom is -0.358 e. The molecule has 1 heterocycles. The molecule has 0 fully saturated rings. The summed E-state index contributed by atoms with van der Waals surface area (Å²) in [5.74, 6) is -2.56. The molecule has 1 atom stereocenters. The van der Waals surface area contributed by atoms with Gasteiger partial charge in [0.25, 0.3) is 0 Å². The lowest BCUT2D eigenvalue weighted by molar-refractivity contribution is -0.121. The smallest absolute Gasteiger partial charge is 0.245 e. The summed E-state index contributed by atoms with van der Waals surface area (Å²) in [5, 5.41) is 15.3. The van der Waals surface area contributed by atoms with Gasteiger partial charge in [-0.1, -0.05) is 22.0 Å². The molecule has 1 amide bonds. The molecule has 0 aliphatic rings. The van der Waals surface area contributed by atoms with Crippen LogP contribution in [-0.2, 0) is 4.79 Å². The molecule has 0 spiro atoms. The zero-order valence-electron chi connectivity index (χ0n) is 11.1. The van der Waals surface area contributed by atoms with E-state index < -0.39 is 17.6 Å². The van der Waals surface area contributed by atoms with Crippen LogP contribution >= 0.6 is 15.9 Å². The lowest BCUT2D eigenvalue weighted by Crippen LogP contribution is -2.32. The third kappa shape index (κ3) is 3.17. The molecule has 1 aromatic carbocycles. The van der Waals surface area contributed by atoms with Crippen molar-refractivity contribution < 1.29 is 9.59 Å². The average molecular weight is 347 g/mol. The first-order valence-electron chi connectivity index (χ1n) is 6.03. The fourth-order valence-corrected chi connectivity index (χ4v) is 2.14. The first kappa shape index (κ1) is 14.9. The van der Waals surface area contributed by atoms with E-state index in [1.165, 1.54) is 24.1 Å². The highest BCUT2D eigenvalue weighted by Crippen LogP contribution is 2.16. The summed E-state index contributed by atoms with van der Waals surface area (Å²) >= 11 is 3.35. The fraction of sp³-hybridized carbons (Fsp3) is 0.143. The Morgan fingerprint density at radius 2 is 2.24 bits per heavy atom. The van der Waals surface area contributed by atoms with E-state index in [1.807, 2.05) is 24.3 Å². The third-order valence-corrected chi connectivity index (χ3v) is 3.33. The number of halogens is 1. The predicted molar refractivity (Wildman–Crippen MR) is 78.8 cm³/mol. The maximum Gasteiger partial charge on any atom is 0.245 e. The molecule has 0 saturated heterocycles. The normalized spacial score (nSPS) is 11.5. The van der Waals surface area contributed by atoms with Crippen molar-refractivity contribution in [2.24, 2.45) is 5.92 Å². The summed E-state index contributed by atoms with van der Waals surface area (Å²) in [5.41, 5.74) is 0.974. The minimum absolute atomic E-state index is 0.213. The summed E-state index contributed by atoms with van der Waals surface area (Å²) in [6.45, 7) is 0. The van der Waals surface area contributed by atoms with Crippen LogP contribution in [0.15, 0.2) is 41.1 Å². The highest BCUT2D eigenvalue weighted by molar-refractivity contribution is 9.10. The maximum atomic E-state index is 12.1. The van der Waals surface area contributed by atoms with Gasteiger partial charge in [-0.15, -0.1) is 0 Å². The van der Waals surface area contributed by atoms with Crippen LogP contribution in [0, 0.1) is 17.2 Å². The molecule has 0 aliphatic carbocycles. The van der Waals surface area contributed by atoms with Crippen LogP contribution in [0.5, 0.6) is 0 Å². The van der Waals surface area contributed by atoms with E-state index in [2.05, 4.69) is 26.3 Å². The number of nitrogens with zero attached hydrogens (tertiary/aromatic N) is 3. The topological polar surface area (TPSA) is 87.8 Å². The second-order valence-corrected chi connectivity index (χ2v) is 5.11. The van der Waals surface area contributed by atoms with Crippen molar-refractivity contribution in [3.8, 4) is 11.8 Å². The summed E-state index contributed by atoms with van der Waals surface area (Å²) in [6.07, 6.45) is 2.84. The Hall–Kier alpha value is -2.46. The monoisotopic (exact) mass is 346 g/mol. The number of aromatic nitrogens is 2. The molecule has 1 aromatic heterocycles. The van der Waals surface area contributed by atoms with Gasteiger partial charge in [0.1, 0.15) is 0 Å². The van der Waals surface area contributed by atoms with Crippen molar-refractivity contribution in [1.29, 1.82) is 5.26 Å². The van der Waals surface area contributed by atoms with Crippen molar-refractivity contribution in [3.05, 3.63) is 46.7 Å². The Morgan fingerprint density at radius 1 is 1.48 bits per heavy atom. The molecule has 6 nitrogen and oxygen atoms in total. The molecule has 0 saturated carbocycles. The molecule has 0 unspecified atom stereocenters. The third-order valence-electron chi connectivity index (χ3n) is 2.84. The van der Waals surface area contributed by atoms with Gasteiger partial charge in [-0.25, -0.2) is 4.68 Å². The molecular weight excluding hydrogens is 336 g/mol. The first-order valence-corrected chi connectivity index (χ1v) is 6.82. The number of carbonyl (C=O) groups is 2. The SMILES string of the molecule is CNC(=O)[C@@H](C#N)C(=O)c1cnn(-c2cccc(Br)c2)c1. The quantitative estimate of drug-likeness (QED) is 0.674. The van der Waals surface area contributed by atoms with Crippen LogP contribution in [0.1, 0.15) is 10.4 Å². The number of hydrogen-bond acceptors (Lipinski definition) is 4. The number of benzene rings is 1. The molecule has 106 valence electrons. The summed E-state index contributed by atoms with van der Waals surface area (Å²) in [6, 6.07) is 9.07. The number of rotatable bonds is 4. The van der Waals surface area contributed by atoms with E-state index in [9.17, 15) is 9.59 Å². The first-order chi connectivity index (χ1) is 10.1. The van der Waals surface area contributed by atoms with Gasteiger partial charge in [-0.3, -0.25) is 9.59 Å². The standard InChI is InChI=1S/C14H11BrN4O2/c1-17-14(21)12(6-16)13(20)9-7-18-19(8-9)11-4-2-3-10(15)5-11/h2-5,7-8,12H,1H3,(H,17,21)/t12-/m0/s1. The number of ketones is 1. The largest absolute Gasteiger partial charge is 0.358 e. The van der Waals surface area contributed by atoms with E-state index >= 15 is 0 Å². The summed E-state index contributed by atoms with van der Waals surface area (Å²) in [4.78, 5) is 23.6. The highest BCUT2D eigenvalue weighted by atomic mass is 79.9. The van der Waals surface area contributed by atoms with Gasteiger partial charge < -0.3 is 5.32 Å². The van der Waals surface area contributed by atoms with E-state index in [0.29, 0.717) is 0 Å². The van der Waals surface area contributed by atoms with Crippen LogP contribution < -0.4 is 5.32 Å². The molecule has 0 bridgehead atoms. The number of carbonyl (C=O) groups excluding carboxylic acids is 2. The van der Waals surface area contributed by atoms with Gasteiger partial charge in [-0.2, -0.15) is 10.4 Å². The Labute approximate surface area is 129 Å². The second-order valence-electron chi connectivity index (χ2n) is 4.19. The van der Waals surface area contributed by atoms with E-state index in [0.717, 1.165) is 10.2 Å². The van der Waals surface area contributed by atoms with Crippen LogP contribution in [-0.4, -0.2) is 28.5 Å². The zero-order chi connectivity index (χ0) is 15.4. The van der Waals surface area contributed by atoms with Crippen LogP contribution in [0.2, 0.25) is 0 Å². The van der Waals surface area contributed by atoms with Crippen molar-refractivity contribution >= 4 is 27.6 Å². The maximum absolute atomic E-state index is 12.1. The number of nitriles is 1. The van der Waals surface area contributed by atoms with Crippen LogP contribution in [0.3, 0.4) is 0 Å². The molecule has 0 radical (unpaired) electrons. The van der Waals surface area contributed by atoms with Gasteiger partial charge in [-0.05, 0) is 18.2 Å². The van der Waals surface area contributed by atoms with Crippen LogP contribution in [0.25, 0.3) is 5.69 Å². The Bertz CT molecular complexity index is 733. The average Bonchev–Trinajstić information content (AvgIpc) is 2.97. The molecule has 1 N–H and O–H groups in total. The molecule has 2 aromatic rings. The predicted octanol–water partition coefficient (Wildman–Crippen LogP) is 1.70. The second kappa shape index (κ2) is 6.33. The minimum atomic E-state index is -1.37. The molecule has 2 rings (SSSR count). The Morgan fingerprint density at radius 3 is 2.86 bits per heavy atom. The van der Waals surface area contributed by atoms with Gasteiger partial charge in [0, 0.05) is 17.7 Å². The number of Topliss-reactive ketones (excluding diaryl/α,β-unsaturated/α-hetero) is 1. The summed E-state index contributed by atoms with van der Waals surface area (Å²) < 4.78 is 2.39. The van der Waals surface area contributed by atoms with Gasteiger partial charge in [0.05, 0.1) is 23.5 Å². The number of nitrogens with one attached hydrogen (secondary N) is 1. The highest BCUT2D eigenvalue weighted by Gasteiger charge is 2.27. The zero-order valence-corrected chi connectivity index (χ0v) is 12.7. The molecule has 7 heteroatoms. The number of amides is 1. The van der Waals surface area contributed by atoms with Gasteiger partial charge in [0.15, 0.2) is 11.7 Å². The Balaban J connectivity index is 2.30. The van der Waals surface area contributed by atoms with Crippen molar-refractivity contribution in [3.63, 3.8) is 0 Å². The molecule has 0 aliphatic heterocycles. The van der Waals surface area contributed by atoms with E-state index in [-0.39, 0.29) is 5.56 Å².